The van der Waals surface area contributed by atoms with Crippen LogP contribution >= 0.6 is 0 Å². The third-order valence-electron chi connectivity index (χ3n) is 5.30. The number of aromatic nitrogens is 2. The molecule has 4 rings (SSSR count). The van der Waals surface area contributed by atoms with E-state index in [1.54, 1.807) is 0 Å². The van der Waals surface area contributed by atoms with Crippen LogP contribution in [0.25, 0.3) is 22.8 Å². The molecule has 1 fully saturated rings. The molecule has 1 aromatic heterocycles. The first-order valence-electron chi connectivity index (χ1n) is 9.61. The van der Waals surface area contributed by atoms with Crippen molar-refractivity contribution in [3.8, 4) is 22.8 Å². The van der Waals surface area contributed by atoms with Gasteiger partial charge < -0.3 is 14.9 Å². The molecule has 0 unspecified atom stereocenters. The molecule has 1 aliphatic carbocycles. The zero-order chi connectivity index (χ0) is 19.5. The van der Waals surface area contributed by atoms with E-state index >= 15 is 0 Å². The van der Waals surface area contributed by atoms with Crippen LogP contribution in [0, 0.1) is 5.92 Å². The second-order valence-electron chi connectivity index (χ2n) is 7.26. The number of aryl methyl sites for hydroxylation is 1. The van der Waals surface area contributed by atoms with Crippen LogP contribution in [0.2, 0.25) is 0 Å². The lowest BCUT2D eigenvalue weighted by molar-refractivity contribution is -0.145. The quantitative estimate of drug-likeness (QED) is 0.649. The van der Waals surface area contributed by atoms with Crippen molar-refractivity contribution in [2.24, 2.45) is 5.92 Å². The fourth-order valence-corrected chi connectivity index (χ4v) is 3.41. The molecular formula is C22H23N3O3. The first-order valence-corrected chi connectivity index (χ1v) is 9.61. The van der Waals surface area contributed by atoms with Crippen LogP contribution in [0.5, 0.6) is 0 Å². The van der Waals surface area contributed by atoms with Crippen molar-refractivity contribution in [3.63, 3.8) is 0 Å². The molecule has 0 atom stereocenters. The number of carbonyl (C=O) groups is 1. The fraction of sp³-hybridized carbons (Fsp3) is 0.318. The van der Waals surface area contributed by atoms with Gasteiger partial charge in [0.25, 0.3) is 5.89 Å². The van der Waals surface area contributed by atoms with Gasteiger partial charge in [0, 0.05) is 23.7 Å². The summed E-state index contributed by atoms with van der Waals surface area (Å²) in [5.41, 5.74) is 4.18. The average molecular weight is 377 g/mol. The number of carboxylic acids is 1. The monoisotopic (exact) mass is 377 g/mol. The van der Waals surface area contributed by atoms with Crippen LogP contribution < -0.4 is 5.32 Å². The fourth-order valence-electron chi connectivity index (χ4n) is 3.41. The third-order valence-corrected chi connectivity index (χ3v) is 5.30. The summed E-state index contributed by atoms with van der Waals surface area (Å²) in [7, 11) is 0. The Balaban J connectivity index is 1.41. The van der Waals surface area contributed by atoms with E-state index in [1.807, 2.05) is 36.4 Å². The molecular weight excluding hydrogens is 354 g/mol. The van der Waals surface area contributed by atoms with Gasteiger partial charge in [-0.2, -0.15) is 4.98 Å². The maximum Gasteiger partial charge on any atom is 0.306 e. The van der Waals surface area contributed by atoms with Crippen molar-refractivity contribution in [1.29, 1.82) is 0 Å². The number of benzene rings is 2. The van der Waals surface area contributed by atoms with E-state index in [0.717, 1.165) is 23.1 Å². The number of nitrogens with zero attached hydrogens (tertiary/aromatic N) is 2. The predicted octanol–water partition coefficient (Wildman–Crippen LogP) is 3.92. The van der Waals surface area contributed by atoms with Crippen molar-refractivity contribution in [1.82, 2.24) is 15.5 Å². The van der Waals surface area contributed by atoms with Gasteiger partial charge in [0.05, 0.1) is 5.92 Å². The van der Waals surface area contributed by atoms with Gasteiger partial charge >= 0.3 is 5.97 Å². The van der Waals surface area contributed by atoms with Gasteiger partial charge in [-0.25, -0.2) is 0 Å². The summed E-state index contributed by atoms with van der Waals surface area (Å²) in [5.74, 6) is 0.173. The Morgan fingerprint density at radius 1 is 1.14 bits per heavy atom. The Kier molecular flexibility index (Phi) is 5.21. The van der Waals surface area contributed by atoms with Crippen LogP contribution in [0.15, 0.2) is 53.1 Å². The van der Waals surface area contributed by atoms with Crippen molar-refractivity contribution in [2.45, 2.75) is 38.8 Å². The Labute approximate surface area is 163 Å². The lowest BCUT2D eigenvalue weighted by Gasteiger charge is -2.33. The number of hydrogen-bond donors (Lipinski definition) is 2. The molecule has 2 aromatic carbocycles. The highest BCUT2D eigenvalue weighted by molar-refractivity contribution is 5.71. The van der Waals surface area contributed by atoms with Crippen molar-refractivity contribution in [2.75, 3.05) is 0 Å². The van der Waals surface area contributed by atoms with E-state index in [1.165, 1.54) is 5.56 Å². The molecule has 1 saturated carbocycles. The third kappa shape index (κ3) is 3.97. The summed E-state index contributed by atoms with van der Waals surface area (Å²) in [6, 6.07) is 16.4. The number of aliphatic carboxylic acids is 1. The van der Waals surface area contributed by atoms with Crippen LogP contribution in [-0.4, -0.2) is 27.3 Å². The lowest BCUT2D eigenvalue weighted by Crippen LogP contribution is -2.43. The minimum absolute atomic E-state index is 0.201. The van der Waals surface area contributed by atoms with E-state index in [9.17, 15) is 4.79 Å². The molecule has 2 N–H and O–H groups in total. The standard InChI is InChI=1S/C22H23N3O3/c1-2-14-6-8-16(9-7-14)21-24-20(25-28-21)17-5-3-4-15(10-17)13-23-19-11-18(12-19)22(26)27/h3-10,18-19,23H,2,11-13H2,1H3,(H,26,27). The van der Waals surface area contributed by atoms with Gasteiger partial charge in [0.15, 0.2) is 0 Å². The van der Waals surface area contributed by atoms with Gasteiger partial charge in [-0.15, -0.1) is 0 Å². The normalized spacial score (nSPS) is 18.6. The number of rotatable bonds is 7. The smallest absolute Gasteiger partial charge is 0.306 e. The summed E-state index contributed by atoms with van der Waals surface area (Å²) in [4.78, 5) is 15.4. The Morgan fingerprint density at radius 3 is 2.64 bits per heavy atom. The second kappa shape index (κ2) is 7.94. The number of hydrogen-bond acceptors (Lipinski definition) is 5. The maximum atomic E-state index is 10.9. The SMILES string of the molecule is CCc1ccc(-c2nc(-c3cccc(CNC4CC(C(=O)O)C4)c3)no2)cc1. The zero-order valence-electron chi connectivity index (χ0n) is 15.8. The molecule has 1 aliphatic rings. The zero-order valence-corrected chi connectivity index (χ0v) is 15.8. The lowest BCUT2D eigenvalue weighted by atomic mass is 9.80. The summed E-state index contributed by atoms with van der Waals surface area (Å²) >= 11 is 0. The molecule has 6 nitrogen and oxygen atoms in total. The highest BCUT2D eigenvalue weighted by Gasteiger charge is 2.33. The predicted molar refractivity (Wildman–Crippen MR) is 106 cm³/mol. The number of carboxylic acid groups (broad SMARTS) is 1. The highest BCUT2D eigenvalue weighted by atomic mass is 16.5. The largest absolute Gasteiger partial charge is 0.481 e. The topological polar surface area (TPSA) is 88.2 Å². The Bertz CT molecular complexity index is 959. The summed E-state index contributed by atoms with van der Waals surface area (Å²) in [6.45, 7) is 2.81. The molecule has 6 heteroatoms. The summed E-state index contributed by atoms with van der Waals surface area (Å²) < 4.78 is 5.45. The molecule has 144 valence electrons. The summed E-state index contributed by atoms with van der Waals surface area (Å²) in [5, 5.41) is 16.5. The minimum Gasteiger partial charge on any atom is -0.481 e. The molecule has 0 saturated heterocycles. The summed E-state index contributed by atoms with van der Waals surface area (Å²) in [6.07, 6.45) is 2.38. The maximum absolute atomic E-state index is 10.9. The van der Waals surface area contributed by atoms with E-state index in [2.05, 4.69) is 34.5 Å². The highest BCUT2D eigenvalue weighted by Crippen LogP contribution is 2.28. The van der Waals surface area contributed by atoms with Gasteiger partial charge in [0.2, 0.25) is 5.82 Å². The first-order chi connectivity index (χ1) is 13.6. The molecule has 0 radical (unpaired) electrons. The molecule has 3 aromatic rings. The van der Waals surface area contributed by atoms with Gasteiger partial charge in [-0.3, -0.25) is 4.79 Å². The van der Waals surface area contributed by atoms with Gasteiger partial charge in [0.1, 0.15) is 0 Å². The van der Waals surface area contributed by atoms with Crippen LogP contribution in [0.4, 0.5) is 0 Å². The molecule has 0 aliphatic heterocycles. The molecule has 0 amide bonds. The minimum atomic E-state index is -0.697. The molecule has 0 bridgehead atoms. The van der Waals surface area contributed by atoms with E-state index in [4.69, 9.17) is 9.63 Å². The van der Waals surface area contributed by atoms with Gasteiger partial charge in [-0.05, 0) is 48.6 Å². The average Bonchev–Trinajstić information content (AvgIpc) is 3.17. The second-order valence-corrected chi connectivity index (χ2v) is 7.26. The Hall–Kier alpha value is -2.99. The Morgan fingerprint density at radius 2 is 1.93 bits per heavy atom. The number of nitrogens with one attached hydrogen (secondary N) is 1. The van der Waals surface area contributed by atoms with E-state index < -0.39 is 5.97 Å². The first kappa shape index (κ1) is 18.4. The van der Waals surface area contributed by atoms with Crippen molar-refractivity contribution < 1.29 is 14.4 Å². The van der Waals surface area contributed by atoms with E-state index in [-0.39, 0.29) is 12.0 Å². The van der Waals surface area contributed by atoms with Crippen molar-refractivity contribution in [3.05, 3.63) is 59.7 Å². The van der Waals surface area contributed by atoms with Crippen LogP contribution in [0.1, 0.15) is 30.9 Å². The van der Waals surface area contributed by atoms with E-state index in [0.29, 0.717) is 31.1 Å². The van der Waals surface area contributed by atoms with Crippen LogP contribution in [0.3, 0.4) is 0 Å². The molecule has 28 heavy (non-hydrogen) atoms. The van der Waals surface area contributed by atoms with Crippen LogP contribution in [-0.2, 0) is 17.8 Å². The van der Waals surface area contributed by atoms with Crippen molar-refractivity contribution >= 4 is 5.97 Å². The van der Waals surface area contributed by atoms with Gasteiger partial charge in [-0.1, -0.05) is 42.4 Å². The molecule has 0 spiro atoms. The molecule has 1 heterocycles.